The van der Waals surface area contributed by atoms with Gasteiger partial charge in [0.2, 0.25) is 5.95 Å². The molecule has 2 aliphatic rings. The van der Waals surface area contributed by atoms with Crippen LogP contribution in [0.25, 0.3) is 0 Å². The fourth-order valence-electron chi connectivity index (χ4n) is 3.14. The van der Waals surface area contributed by atoms with E-state index in [1.807, 2.05) is 33.8 Å². The van der Waals surface area contributed by atoms with Gasteiger partial charge in [0.05, 0.1) is 17.7 Å². The first-order chi connectivity index (χ1) is 15.2. The lowest BCUT2D eigenvalue weighted by atomic mass is 9.81. The van der Waals surface area contributed by atoms with Gasteiger partial charge in [-0.05, 0) is 53.0 Å². The maximum Gasteiger partial charge on any atom is 0.498 e. The molecule has 1 atom stereocenters. The zero-order valence-electron chi connectivity index (χ0n) is 19.4. The van der Waals surface area contributed by atoms with Crippen molar-refractivity contribution in [1.82, 2.24) is 15.3 Å². The SMILES string of the molecule is CC#CC(CNC(=O)OCC1=CCCC=C1)Nc1ncc(B2OC(C)(C)C(C)(C)O2)cn1. The molecule has 0 aromatic carbocycles. The zero-order valence-corrected chi connectivity index (χ0v) is 19.4. The highest BCUT2D eigenvalue weighted by molar-refractivity contribution is 6.61. The lowest BCUT2D eigenvalue weighted by Gasteiger charge is -2.32. The lowest BCUT2D eigenvalue weighted by molar-refractivity contribution is 0.00578. The van der Waals surface area contributed by atoms with E-state index in [-0.39, 0.29) is 19.2 Å². The summed E-state index contributed by atoms with van der Waals surface area (Å²) in [5.41, 5.74) is 0.881. The van der Waals surface area contributed by atoms with E-state index in [4.69, 9.17) is 14.0 Å². The second-order valence-electron chi connectivity index (χ2n) is 8.74. The largest absolute Gasteiger partial charge is 0.498 e. The molecule has 32 heavy (non-hydrogen) atoms. The molecule has 0 radical (unpaired) electrons. The van der Waals surface area contributed by atoms with E-state index in [9.17, 15) is 4.79 Å². The number of carbonyl (C=O) groups is 1. The molecule has 0 bridgehead atoms. The van der Waals surface area contributed by atoms with Crippen molar-refractivity contribution in [2.75, 3.05) is 18.5 Å². The van der Waals surface area contributed by atoms with Gasteiger partial charge in [-0.3, -0.25) is 0 Å². The fraction of sp³-hybridized carbons (Fsp3) is 0.522. The number of amides is 1. The zero-order chi connectivity index (χ0) is 23.2. The summed E-state index contributed by atoms with van der Waals surface area (Å²) in [7, 11) is -0.522. The smallest absolute Gasteiger partial charge is 0.445 e. The van der Waals surface area contributed by atoms with Crippen molar-refractivity contribution < 1.29 is 18.8 Å². The van der Waals surface area contributed by atoms with E-state index in [1.165, 1.54) is 0 Å². The number of allylic oxidation sites excluding steroid dienone is 2. The van der Waals surface area contributed by atoms with Gasteiger partial charge in [0.1, 0.15) is 12.6 Å². The number of rotatable bonds is 7. The van der Waals surface area contributed by atoms with Crippen molar-refractivity contribution in [2.24, 2.45) is 0 Å². The highest BCUT2D eigenvalue weighted by Crippen LogP contribution is 2.36. The minimum absolute atomic E-state index is 0.247. The summed E-state index contributed by atoms with van der Waals surface area (Å²) in [6.07, 6.45) is 11.0. The van der Waals surface area contributed by atoms with Crippen LogP contribution in [0, 0.1) is 11.8 Å². The Morgan fingerprint density at radius 2 is 1.91 bits per heavy atom. The molecule has 2 N–H and O–H groups in total. The first kappa shape index (κ1) is 23.8. The van der Waals surface area contributed by atoms with Crippen molar-refractivity contribution in [3.8, 4) is 11.8 Å². The Hall–Kier alpha value is -2.83. The average Bonchev–Trinajstić information content (AvgIpc) is 2.99. The van der Waals surface area contributed by atoms with Gasteiger partial charge in [-0.1, -0.05) is 24.1 Å². The summed E-state index contributed by atoms with van der Waals surface area (Å²) >= 11 is 0. The molecule has 2 heterocycles. The third kappa shape index (κ3) is 6.12. The number of ether oxygens (including phenoxy) is 1. The quantitative estimate of drug-likeness (QED) is 0.499. The first-order valence-corrected chi connectivity index (χ1v) is 10.8. The van der Waals surface area contributed by atoms with Crippen molar-refractivity contribution in [3.63, 3.8) is 0 Å². The van der Waals surface area contributed by atoms with E-state index in [2.05, 4.69) is 44.6 Å². The summed E-state index contributed by atoms with van der Waals surface area (Å²) < 4.78 is 17.3. The van der Waals surface area contributed by atoms with Crippen LogP contribution in [0.2, 0.25) is 0 Å². The molecule has 1 amide bonds. The van der Waals surface area contributed by atoms with Crippen molar-refractivity contribution in [1.29, 1.82) is 0 Å². The molecule has 1 aliphatic carbocycles. The number of carbonyl (C=O) groups excluding carboxylic acids is 1. The van der Waals surface area contributed by atoms with Gasteiger partial charge in [0.15, 0.2) is 0 Å². The third-order valence-electron chi connectivity index (χ3n) is 5.71. The number of aromatic nitrogens is 2. The third-order valence-corrected chi connectivity index (χ3v) is 5.71. The molecule has 1 aromatic rings. The normalized spacial score (nSPS) is 19.4. The second kappa shape index (κ2) is 10.2. The molecule has 0 saturated carbocycles. The van der Waals surface area contributed by atoms with Gasteiger partial charge < -0.3 is 24.7 Å². The van der Waals surface area contributed by atoms with Crippen molar-refractivity contribution >= 4 is 24.6 Å². The molecule has 1 aromatic heterocycles. The Kier molecular flexibility index (Phi) is 7.59. The highest BCUT2D eigenvalue weighted by Gasteiger charge is 2.51. The van der Waals surface area contributed by atoms with Crippen LogP contribution in [0.1, 0.15) is 47.5 Å². The highest BCUT2D eigenvalue weighted by atomic mass is 16.7. The van der Waals surface area contributed by atoms with E-state index >= 15 is 0 Å². The Morgan fingerprint density at radius 3 is 2.50 bits per heavy atom. The average molecular weight is 438 g/mol. The fourth-order valence-corrected chi connectivity index (χ4v) is 3.14. The Bertz CT molecular complexity index is 916. The van der Waals surface area contributed by atoms with Crippen LogP contribution in [0.15, 0.2) is 36.2 Å². The summed E-state index contributed by atoms with van der Waals surface area (Å²) in [6.45, 7) is 10.2. The first-order valence-electron chi connectivity index (χ1n) is 10.8. The maximum absolute atomic E-state index is 12.0. The number of hydrogen-bond acceptors (Lipinski definition) is 7. The standard InChI is InChI=1S/C23H31BN4O4/c1-6-10-19(15-27-21(29)30-16-17-11-8-7-9-12-17)28-20-25-13-18(14-26-20)24-31-22(2,3)23(4,5)32-24/h8,11-14,19H,7,9,15-16H2,1-5H3,(H,27,29)(H,25,26,28). The topological polar surface area (TPSA) is 94.6 Å². The van der Waals surface area contributed by atoms with Crippen molar-refractivity contribution in [3.05, 3.63) is 36.2 Å². The van der Waals surface area contributed by atoms with Crippen LogP contribution in [-0.4, -0.2) is 53.6 Å². The van der Waals surface area contributed by atoms with Crippen LogP contribution in [0.4, 0.5) is 10.7 Å². The molecule has 1 saturated heterocycles. The predicted octanol–water partition coefficient (Wildman–Crippen LogP) is 2.58. The maximum atomic E-state index is 12.0. The summed E-state index contributed by atoms with van der Waals surface area (Å²) in [5.74, 6) is 6.25. The molecule has 1 aliphatic heterocycles. The molecule has 8 nitrogen and oxygen atoms in total. The van der Waals surface area contributed by atoms with Gasteiger partial charge in [-0.2, -0.15) is 0 Å². The number of nitrogens with zero attached hydrogens (tertiary/aromatic N) is 2. The number of hydrogen-bond donors (Lipinski definition) is 2. The second-order valence-corrected chi connectivity index (χ2v) is 8.74. The van der Waals surface area contributed by atoms with Crippen LogP contribution in [-0.2, 0) is 14.0 Å². The van der Waals surface area contributed by atoms with Crippen LogP contribution < -0.4 is 16.1 Å². The van der Waals surface area contributed by atoms with E-state index < -0.39 is 24.4 Å². The van der Waals surface area contributed by atoms with Gasteiger partial charge in [-0.25, -0.2) is 14.8 Å². The molecule has 9 heteroatoms. The Morgan fingerprint density at radius 1 is 1.22 bits per heavy atom. The van der Waals surface area contributed by atoms with E-state index in [0.717, 1.165) is 23.9 Å². The van der Waals surface area contributed by atoms with E-state index in [1.54, 1.807) is 19.3 Å². The summed E-state index contributed by atoms with van der Waals surface area (Å²) in [5, 5.41) is 5.85. The lowest BCUT2D eigenvalue weighted by Crippen LogP contribution is -2.41. The predicted molar refractivity (Wildman–Crippen MR) is 124 cm³/mol. The summed E-state index contributed by atoms with van der Waals surface area (Å²) in [4.78, 5) is 20.7. The van der Waals surface area contributed by atoms with Crippen LogP contribution >= 0.6 is 0 Å². The monoisotopic (exact) mass is 438 g/mol. The minimum Gasteiger partial charge on any atom is -0.445 e. The molecular weight excluding hydrogens is 407 g/mol. The van der Waals surface area contributed by atoms with Gasteiger partial charge in [0, 0.05) is 17.9 Å². The van der Waals surface area contributed by atoms with Gasteiger partial charge in [-0.15, -0.1) is 5.92 Å². The number of anilines is 1. The molecule has 1 unspecified atom stereocenters. The Labute approximate surface area is 190 Å². The van der Waals surface area contributed by atoms with E-state index in [0.29, 0.717) is 5.95 Å². The molecule has 1 fully saturated rings. The molecule has 170 valence electrons. The van der Waals surface area contributed by atoms with Crippen LogP contribution in [0.3, 0.4) is 0 Å². The number of nitrogens with one attached hydrogen (secondary N) is 2. The van der Waals surface area contributed by atoms with Gasteiger partial charge in [0.25, 0.3) is 0 Å². The molecular formula is C23H31BN4O4. The van der Waals surface area contributed by atoms with Gasteiger partial charge >= 0.3 is 13.2 Å². The Balaban J connectivity index is 1.51. The van der Waals surface area contributed by atoms with Crippen molar-refractivity contribution in [2.45, 2.75) is 64.7 Å². The number of alkyl carbamates (subject to hydrolysis) is 1. The molecule has 3 rings (SSSR count). The summed E-state index contributed by atoms with van der Waals surface area (Å²) in [6, 6.07) is -0.371. The molecule has 0 spiro atoms. The minimum atomic E-state index is -0.522. The van der Waals surface area contributed by atoms with Crippen LogP contribution in [0.5, 0.6) is 0 Å².